The molecule has 2 fully saturated rings. The first-order valence-electron chi connectivity index (χ1n) is 4.76. The van der Waals surface area contributed by atoms with Crippen molar-refractivity contribution in [3.63, 3.8) is 0 Å². The molecule has 0 N–H and O–H groups in total. The lowest BCUT2D eigenvalue weighted by Crippen LogP contribution is -2.23. The van der Waals surface area contributed by atoms with Gasteiger partial charge >= 0.3 is 0 Å². The maximum Gasteiger partial charge on any atom is 0.124 e. The lowest BCUT2D eigenvalue weighted by molar-refractivity contribution is 0.0303. The third-order valence-electron chi connectivity index (χ3n) is 2.90. The monoisotopic (exact) mass is 276 g/mol. The molecule has 0 aromatic rings. The number of halogens is 4. The molecule has 2 unspecified atom stereocenters. The zero-order valence-corrected chi connectivity index (χ0v) is 10.8. The normalized spacial score (nSPS) is 39.2. The first kappa shape index (κ1) is 11.6. The zero-order chi connectivity index (χ0) is 10.6. The molecule has 2 aliphatic carbocycles. The van der Waals surface area contributed by atoms with E-state index in [4.69, 9.17) is 51.1 Å². The van der Waals surface area contributed by atoms with Gasteiger partial charge < -0.3 is 4.74 Å². The van der Waals surface area contributed by atoms with Crippen molar-refractivity contribution >= 4 is 46.4 Å². The maximum atomic E-state index is 6.00. The van der Waals surface area contributed by atoms with E-state index in [-0.39, 0.29) is 17.9 Å². The fourth-order valence-electron chi connectivity index (χ4n) is 1.89. The standard InChI is InChI=1S/C9H12Cl4O/c1-2-14-7(5-3-8(5,10)11)6-4-9(6,12)13/h5-7H,2-4H2,1H3. The fraction of sp³-hybridized carbons (Fsp3) is 1.00. The maximum absolute atomic E-state index is 6.00. The Morgan fingerprint density at radius 1 is 1.14 bits per heavy atom. The van der Waals surface area contributed by atoms with Gasteiger partial charge in [-0.3, -0.25) is 0 Å². The molecule has 5 heteroatoms. The van der Waals surface area contributed by atoms with Crippen LogP contribution in [0.15, 0.2) is 0 Å². The Bertz CT molecular complexity index is 219. The average Bonchev–Trinajstić information content (AvgIpc) is 2.85. The summed E-state index contributed by atoms with van der Waals surface area (Å²) in [5, 5.41) is 0. The van der Waals surface area contributed by atoms with Crippen molar-refractivity contribution in [3.8, 4) is 0 Å². The Hall–Kier alpha value is 1.12. The second-order valence-corrected chi connectivity index (χ2v) is 7.15. The second-order valence-electron chi connectivity index (χ2n) is 4.06. The molecule has 82 valence electrons. The fourth-order valence-corrected chi connectivity index (χ4v) is 3.05. The molecular weight excluding hydrogens is 266 g/mol. The van der Waals surface area contributed by atoms with Crippen molar-refractivity contribution in [2.24, 2.45) is 11.8 Å². The van der Waals surface area contributed by atoms with Gasteiger partial charge in [0, 0.05) is 18.4 Å². The van der Waals surface area contributed by atoms with Gasteiger partial charge in [0.2, 0.25) is 0 Å². The van der Waals surface area contributed by atoms with Gasteiger partial charge in [0.25, 0.3) is 0 Å². The van der Waals surface area contributed by atoms with E-state index in [0.29, 0.717) is 6.61 Å². The van der Waals surface area contributed by atoms with Gasteiger partial charge in [-0.2, -0.15) is 0 Å². The van der Waals surface area contributed by atoms with Crippen molar-refractivity contribution in [2.75, 3.05) is 6.61 Å². The van der Waals surface area contributed by atoms with E-state index >= 15 is 0 Å². The van der Waals surface area contributed by atoms with Crippen LogP contribution in [0, 0.1) is 11.8 Å². The topological polar surface area (TPSA) is 9.23 Å². The summed E-state index contributed by atoms with van der Waals surface area (Å²) in [5.74, 6) is 0.380. The van der Waals surface area contributed by atoms with E-state index in [0.717, 1.165) is 12.8 Å². The Morgan fingerprint density at radius 3 is 1.71 bits per heavy atom. The number of rotatable bonds is 4. The lowest BCUT2D eigenvalue weighted by atomic mass is 10.1. The van der Waals surface area contributed by atoms with E-state index in [2.05, 4.69) is 0 Å². The molecule has 0 bridgehead atoms. The Labute approximate surface area is 104 Å². The number of hydrogen-bond donors (Lipinski definition) is 0. The van der Waals surface area contributed by atoms with Crippen LogP contribution >= 0.6 is 46.4 Å². The summed E-state index contributed by atoms with van der Waals surface area (Å²) in [5.41, 5.74) is 0. The van der Waals surface area contributed by atoms with Crippen molar-refractivity contribution in [1.29, 1.82) is 0 Å². The summed E-state index contributed by atoms with van der Waals surface area (Å²) >= 11 is 24.0. The minimum Gasteiger partial charge on any atom is -0.378 e. The third kappa shape index (κ3) is 2.12. The number of hydrogen-bond acceptors (Lipinski definition) is 1. The van der Waals surface area contributed by atoms with Gasteiger partial charge in [-0.05, 0) is 19.8 Å². The molecule has 0 aliphatic heterocycles. The molecule has 2 atom stereocenters. The van der Waals surface area contributed by atoms with Crippen LogP contribution in [-0.2, 0) is 4.74 Å². The Kier molecular flexibility index (Phi) is 2.95. The van der Waals surface area contributed by atoms with Gasteiger partial charge in [0.15, 0.2) is 0 Å². The largest absolute Gasteiger partial charge is 0.378 e. The molecule has 14 heavy (non-hydrogen) atoms. The summed E-state index contributed by atoms with van der Waals surface area (Å²) < 4.78 is 4.39. The third-order valence-corrected chi connectivity index (χ3v) is 4.64. The first-order chi connectivity index (χ1) is 6.38. The summed E-state index contributed by atoms with van der Waals surface area (Å²) in [6.07, 6.45) is 1.58. The highest BCUT2D eigenvalue weighted by Crippen LogP contribution is 2.64. The summed E-state index contributed by atoms with van der Waals surface area (Å²) in [6.45, 7) is 2.59. The quantitative estimate of drug-likeness (QED) is 0.711. The number of ether oxygens (including phenoxy) is 1. The second kappa shape index (κ2) is 3.56. The van der Waals surface area contributed by atoms with E-state index in [1.54, 1.807) is 0 Å². The van der Waals surface area contributed by atoms with Crippen molar-refractivity contribution in [3.05, 3.63) is 0 Å². The summed E-state index contributed by atoms with van der Waals surface area (Å²) in [4.78, 5) is 0. The van der Waals surface area contributed by atoms with Crippen LogP contribution in [-0.4, -0.2) is 21.4 Å². The van der Waals surface area contributed by atoms with Crippen LogP contribution in [0.2, 0.25) is 0 Å². The van der Waals surface area contributed by atoms with Crippen molar-refractivity contribution in [1.82, 2.24) is 0 Å². The highest BCUT2D eigenvalue weighted by atomic mass is 35.5. The van der Waals surface area contributed by atoms with E-state index in [1.165, 1.54) is 0 Å². The van der Waals surface area contributed by atoms with E-state index in [1.807, 2.05) is 6.92 Å². The van der Waals surface area contributed by atoms with Crippen LogP contribution in [0.25, 0.3) is 0 Å². The molecule has 0 spiro atoms. The van der Waals surface area contributed by atoms with Crippen LogP contribution in [0.1, 0.15) is 19.8 Å². The molecule has 2 saturated carbocycles. The summed E-state index contributed by atoms with van der Waals surface area (Å²) in [6, 6.07) is 0. The molecular formula is C9H12Cl4O. The molecule has 0 aromatic carbocycles. The highest BCUT2D eigenvalue weighted by Gasteiger charge is 2.65. The van der Waals surface area contributed by atoms with Gasteiger partial charge in [-0.1, -0.05) is 0 Å². The van der Waals surface area contributed by atoms with Gasteiger partial charge in [0.05, 0.1) is 6.10 Å². The molecule has 0 amide bonds. The van der Waals surface area contributed by atoms with Crippen LogP contribution < -0.4 is 0 Å². The van der Waals surface area contributed by atoms with E-state index < -0.39 is 8.67 Å². The predicted molar refractivity (Wildman–Crippen MR) is 60.5 cm³/mol. The SMILES string of the molecule is CCOC(C1CC1(Cl)Cl)C1CC1(Cl)Cl. The molecule has 0 heterocycles. The van der Waals surface area contributed by atoms with Crippen LogP contribution in [0.3, 0.4) is 0 Å². The molecule has 0 saturated heterocycles. The van der Waals surface area contributed by atoms with Crippen molar-refractivity contribution in [2.45, 2.75) is 34.5 Å². The average molecular weight is 278 g/mol. The summed E-state index contributed by atoms with van der Waals surface area (Å²) in [7, 11) is 0. The Morgan fingerprint density at radius 2 is 1.50 bits per heavy atom. The molecule has 2 aliphatic rings. The smallest absolute Gasteiger partial charge is 0.124 e. The minimum absolute atomic E-state index is 0.0185. The minimum atomic E-state index is -0.619. The van der Waals surface area contributed by atoms with Crippen molar-refractivity contribution < 1.29 is 4.74 Å². The molecule has 0 radical (unpaired) electrons. The van der Waals surface area contributed by atoms with Gasteiger partial charge in [-0.25, -0.2) is 0 Å². The molecule has 1 nitrogen and oxygen atoms in total. The van der Waals surface area contributed by atoms with Crippen LogP contribution in [0.5, 0.6) is 0 Å². The zero-order valence-electron chi connectivity index (χ0n) is 7.77. The van der Waals surface area contributed by atoms with E-state index in [9.17, 15) is 0 Å². The van der Waals surface area contributed by atoms with Gasteiger partial charge in [0.1, 0.15) is 8.67 Å². The highest BCUT2D eigenvalue weighted by molar-refractivity contribution is 6.51. The molecule has 0 aromatic heterocycles. The van der Waals surface area contributed by atoms with Gasteiger partial charge in [-0.15, -0.1) is 46.4 Å². The molecule has 2 rings (SSSR count). The predicted octanol–water partition coefficient (Wildman–Crippen LogP) is 3.78. The number of alkyl halides is 4. The first-order valence-corrected chi connectivity index (χ1v) is 6.27. The van der Waals surface area contributed by atoms with Crippen LogP contribution in [0.4, 0.5) is 0 Å². The lowest BCUT2D eigenvalue weighted by Gasteiger charge is -2.17. The Balaban J connectivity index is 1.97.